The van der Waals surface area contributed by atoms with Crippen LogP contribution in [0.3, 0.4) is 0 Å². The van der Waals surface area contributed by atoms with Crippen molar-refractivity contribution in [1.82, 2.24) is 10.2 Å². The van der Waals surface area contributed by atoms with Crippen molar-refractivity contribution >= 4 is 41.5 Å². The number of methoxy groups -OCH3 is 1. The lowest BCUT2D eigenvalue weighted by atomic mass is 9.74. The number of hydrogen-bond acceptors (Lipinski definition) is 3. The van der Waals surface area contributed by atoms with Crippen LogP contribution in [0, 0.1) is 5.41 Å². The lowest BCUT2D eigenvalue weighted by molar-refractivity contribution is -0.114. The third kappa shape index (κ3) is 6.49. The number of carbonyl (C=O) groups is 1. The van der Waals surface area contributed by atoms with E-state index in [-0.39, 0.29) is 29.9 Å². The van der Waals surface area contributed by atoms with Crippen LogP contribution < -0.4 is 15.4 Å². The summed E-state index contributed by atoms with van der Waals surface area (Å²) in [6.07, 6.45) is 10.9. The summed E-state index contributed by atoms with van der Waals surface area (Å²) in [5.74, 6) is 1.54. The fourth-order valence-electron chi connectivity index (χ4n) is 4.94. The Balaban J connectivity index is 0.00000320. The summed E-state index contributed by atoms with van der Waals surface area (Å²) in [6, 6.07) is 5.88. The van der Waals surface area contributed by atoms with Gasteiger partial charge in [0.1, 0.15) is 5.75 Å². The lowest BCUT2D eigenvalue weighted by Gasteiger charge is -2.44. The van der Waals surface area contributed by atoms with Gasteiger partial charge in [-0.25, -0.2) is 0 Å². The Kier molecular flexibility index (Phi) is 9.71. The number of nitrogens with zero attached hydrogens (tertiary/aromatic N) is 2. The normalized spacial score (nSPS) is 18.9. The molecule has 1 saturated carbocycles. The number of carbonyl (C=O) groups excluding carboxylic acids is 1. The Morgan fingerprint density at radius 2 is 1.87 bits per heavy atom. The average Bonchev–Trinajstić information content (AvgIpc) is 2.93. The molecule has 168 valence electrons. The van der Waals surface area contributed by atoms with Gasteiger partial charge in [0.05, 0.1) is 12.8 Å². The van der Waals surface area contributed by atoms with E-state index >= 15 is 0 Å². The zero-order chi connectivity index (χ0) is 20.7. The van der Waals surface area contributed by atoms with Gasteiger partial charge in [0, 0.05) is 33.6 Å². The molecule has 2 aliphatic rings. The third-order valence-electron chi connectivity index (χ3n) is 6.36. The van der Waals surface area contributed by atoms with Crippen LogP contribution in [0.1, 0.15) is 63.9 Å². The maximum absolute atomic E-state index is 11.5. The molecule has 7 heteroatoms. The molecule has 1 amide bonds. The second-order valence-corrected chi connectivity index (χ2v) is 8.56. The summed E-state index contributed by atoms with van der Waals surface area (Å²) in [5.41, 5.74) is 2.26. The van der Waals surface area contributed by atoms with Crippen LogP contribution in [0.5, 0.6) is 5.75 Å². The highest BCUT2D eigenvalue weighted by atomic mass is 127. The minimum Gasteiger partial charge on any atom is -0.495 e. The number of aliphatic imine (C=N–C) groups is 1. The highest BCUT2D eigenvalue weighted by Crippen LogP contribution is 2.42. The quantitative estimate of drug-likeness (QED) is 0.335. The zero-order valence-corrected chi connectivity index (χ0v) is 21.0. The number of amides is 1. The number of hydrogen-bond donors (Lipinski definition) is 2. The van der Waals surface area contributed by atoms with Crippen molar-refractivity contribution in [3.63, 3.8) is 0 Å². The molecule has 30 heavy (non-hydrogen) atoms. The molecular formula is C23H37IN4O2. The molecule has 2 N–H and O–H groups in total. The van der Waals surface area contributed by atoms with Crippen molar-refractivity contribution in [2.75, 3.05) is 32.6 Å². The van der Waals surface area contributed by atoms with E-state index in [9.17, 15) is 4.79 Å². The van der Waals surface area contributed by atoms with Crippen molar-refractivity contribution in [2.45, 2.75) is 64.8 Å². The third-order valence-corrected chi connectivity index (χ3v) is 6.36. The Bertz CT molecular complexity index is 730. The second-order valence-electron chi connectivity index (χ2n) is 8.56. The SMILES string of the molecule is CN=C(NCc1ccc(OC)c(NC(C)=O)c1)N1CCCC2(CCCCCC2)C1.I. The molecule has 1 heterocycles. The molecule has 0 radical (unpaired) electrons. The first-order chi connectivity index (χ1) is 14.0. The number of guanidine groups is 1. The van der Waals surface area contributed by atoms with Gasteiger partial charge in [-0.2, -0.15) is 0 Å². The van der Waals surface area contributed by atoms with Gasteiger partial charge in [0.15, 0.2) is 5.96 Å². The van der Waals surface area contributed by atoms with E-state index in [4.69, 9.17) is 4.74 Å². The van der Waals surface area contributed by atoms with Crippen LogP contribution >= 0.6 is 24.0 Å². The summed E-state index contributed by atoms with van der Waals surface area (Å²) < 4.78 is 5.35. The van der Waals surface area contributed by atoms with Gasteiger partial charge >= 0.3 is 0 Å². The Morgan fingerprint density at radius 1 is 1.17 bits per heavy atom. The number of likely N-dealkylation sites (tertiary alicyclic amines) is 1. The molecule has 1 spiro atoms. The molecule has 0 atom stereocenters. The molecule has 0 unspecified atom stereocenters. The molecule has 0 bridgehead atoms. The number of nitrogens with one attached hydrogen (secondary N) is 2. The first-order valence-electron chi connectivity index (χ1n) is 11.0. The molecular weight excluding hydrogens is 491 g/mol. The van der Waals surface area contributed by atoms with Gasteiger partial charge in [0.2, 0.25) is 5.91 Å². The van der Waals surface area contributed by atoms with E-state index in [1.54, 1.807) is 7.11 Å². The van der Waals surface area contributed by atoms with Gasteiger partial charge in [-0.05, 0) is 48.8 Å². The van der Waals surface area contributed by atoms with Gasteiger partial charge < -0.3 is 20.3 Å². The smallest absolute Gasteiger partial charge is 0.221 e. The summed E-state index contributed by atoms with van der Waals surface area (Å²) in [7, 11) is 3.48. The summed E-state index contributed by atoms with van der Waals surface area (Å²) in [5, 5.41) is 6.38. The molecule has 2 fully saturated rings. The number of piperidine rings is 1. The van der Waals surface area contributed by atoms with Crippen LogP contribution in [0.2, 0.25) is 0 Å². The molecule has 0 aromatic heterocycles. The maximum Gasteiger partial charge on any atom is 0.221 e. The van der Waals surface area contributed by atoms with E-state index in [2.05, 4.69) is 20.5 Å². The van der Waals surface area contributed by atoms with Crippen LogP contribution in [-0.4, -0.2) is 44.0 Å². The first kappa shape index (κ1) is 24.8. The molecule has 1 aliphatic carbocycles. The van der Waals surface area contributed by atoms with Gasteiger partial charge in [-0.3, -0.25) is 9.79 Å². The first-order valence-corrected chi connectivity index (χ1v) is 11.0. The van der Waals surface area contributed by atoms with E-state index in [1.165, 1.54) is 58.3 Å². The number of ether oxygens (including phenoxy) is 1. The standard InChI is InChI=1S/C23H36N4O2.HI/c1-18(28)26-20-15-19(9-10-21(20)29-3)16-25-22(24-2)27-14-8-13-23(17-27)11-6-4-5-7-12-23;/h9-10,15H,4-8,11-14,16-17H2,1-3H3,(H,24,25)(H,26,28);1H. The molecule has 6 nitrogen and oxygen atoms in total. The summed E-state index contributed by atoms with van der Waals surface area (Å²) in [4.78, 5) is 18.5. The Hall–Kier alpha value is -1.51. The minimum atomic E-state index is -0.105. The van der Waals surface area contributed by atoms with Crippen LogP contribution in [-0.2, 0) is 11.3 Å². The molecule has 3 rings (SSSR count). The summed E-state index contributed by atoms with van der Waals surface area (Å²) >= 11 is 0. The van der Waals surface area contributed by atoms with Crippen LogP contribution in [0.4, 0.5) is 5.69 Å². The number of rotatable bonds is 4. The van der Waals surface area contributed by atoms with Gasteiger partial charge in [-0.15, -0.1) is 24.0 Å². The Labute approximate surface area is 198 Å². The fourth-order valence-corrected chi connectivity index (χ4v) is 4.94. The zero-order valence-electron chi connectivity index (χ0n) is 18.6. The molecule has 1 aromatic carbocycles. The van der Waals surface area contributed by atoms with E-state index < -0.39 is 0 Å². The van der Waals surface area contributed by atoms with Crippen molar-refractivity contribution in [2.24, 2.45) is 10.4 Å². The van der Waals surface area contributed by atoms with Crippen molar-refractivity contribution in [1.29, 1.82) is 0 Å². The molecule has 1 aliphatic heterocycles. The lowest BCUT2D eigenvalue weighted by Crippen LogP contribution is -2.50. The van der Waals surface area contributed by atoms with E-state index in [0.29, 0.717) is 23.4 Å². The van der Waals surface area contributed by atoms with E-state index in [1.807, 2.05) is 25.2 Å². The van der Waals surface area contributed by atoms with Crippen molar-refractivity contribution in [3.8, 4) is 5.75 Å². The number of benzene rings is 1. The minimum absolute atomic E-state index is 0. The topological polar surface area (TPSA) is 66.0 Å². The average molecular weight is 528 g/mol. The van der Waals surface area contributed by atoms with Gasteiger partial charge in [0.25, 0.3) is 0 Å². The highest BCUT2D eigenvalue weighted by Gasteiger charge is 2.36. The number of halogens is 1. The predicted octanol–water partition coefficient (Wildman–Crippen LogP) is 4.78. The predicted molar refractivity (Wildman–Crippen MR) is 134 cm³/mol. The second kappa shape index (κ2) is 11.8. The van der Waals surface area contributed by atoms with E-state index in [0.717, 1.165) is 24.6 Å². The maximum atomic E-state index is 11.5. The number of anilines is 1. The van der Waals surface area contributed by atoms with Gasteiger partial charge in [-0.1, -0.05) is 31.7 Å². The molecule has 1 aromatic rings. The summed E-state index contributed by atoms with van der Waals surface area (Å²) in [6.45, 7) is 4.35. The molecule has 1 saturated heterocycles. The van der Waals surface area contributed by atoms with Crippen LogP contribution in [0.25, 0.3) is 0 Å². The van der Waals surface area contributed by atoms with Crippen molar-refractivity contribution < 1.29 is 9.53 Å². The highest BCUT2D eigenvalue weighted by molar-refractivity contribution is 14.0. The van der Waals surface area contributed by atoms with Crippen molar-refractivity contribution in [3.05, 3.63) is 23.8 Å². The van der Waals surface area contributed by atoms with Crippen LogP contribution in [0.15, 0.2) is 23.2 Å². The largest absolute Gasteiger partial charge is 0.495 e. The monoisotopic (exact) mass is 528 g/mol. The fraction of sp³-hybridized carbons (Fsp3) is 0.652. The Morgan fingerprint density at radius 3 is 2.50 bits per heavy atom.